The van der Waals surface area contributed by atoms with Gasteiger partial charge < -0.3 is 0 Å². The first-order valence-corrected chi connectivity index (χ1v) is 8.25. The monoisotopic (exact) mass is 382 g/mol. The highest BCUT2D eigenvalue weighted by Gasteiger charge is 2.32. The first kappa shape index (κ1) is 14.8. The number of fused-ring (bicyclic) bond motifs is 1. The number of halogens is 1. The fourth-order valence-electron chi connectivity index (χ4n) is 2.89. The van der Waals surface area contributed by atoms with Crippen LogP contribution in [0.25, 0.3) is 16.6 Å². The number of nitro benzene ring substituents is 1. The van der Waals surface area contributed by atoms with E-state index in [9.17, 15) is 15.4 Å². The average molecular weight is 383 g/mol. The van der Waals surface area contributed by atoms with Crippen molar-refractivity contribution in [3.63, 3.8) is 0 Å². The zero-order valence-electron chi connectivity index (χ0n) is 12.4. The lowest BCUT2D eigenvalue weighted by molar-refractivity contribution is -0.385. The Morgan fingerprint density at radius 2 is 2.00 bits per heavy atom. The van der Waals surface area contributed by atoms with E-state index in [4.69, 9.17) is 0 Å². The van der Waals surface area contributed by atoms with Crippen molar-refractivity contribution in [1.29, 1.82) is 5.26 Å². The third-order valence-corrected chi connectivity index (χ3v) is 4.74. The van der Waals surface area contributed by atoms with Crippen LogP contribution in [0.5, 0.6) is 0 Å². The van der Waals surface area contributed by atoms with Gasteiger partial charge in [0, 0.05) is 21.5 Å². The van der Waals surface area contributed by atoms with Gasteiger partial charge in [0.2, 0.25) is 0 Å². The van der Waals surface area contributed by atoms with Gasteiger partial charge in [-0.15, -0.1) is 0 Å². The Balaban J connectivity index is 1.98. The van der Waals surface area contributed by atoms with Crippen molar-refractivity contribution in [2.75, 3.05) is 0 Å². The van der Waals surface area contributed by atoms with E-state index in [2.05, 4.69) is 27.1 Å². The molecule has 4 rings (SSSR count). The number of nitro groups is 1. The van der Waals surface area contributed by atoms with E-state index in [0.29, 0.717) is 22.2 Å². The Bertz CT molecular complexity index is 1010. The van der Waals surface area contributed by atoms with Crippen molar-refractivity contribution in [3.05, 3.63) is 62.2 Å². The summed E-state index contributed by atoms with van der Waals surface area (Å²) in [7, 11) is 0. The predicted octanol–water partition coefficient (Wildman–Crippen LogP) is 4.45. The molecule has 118 valence electrons. The molecule has 1 saturated carbocycles. The molecule has 0 atom stereocenters. The fourth-order valence-corrected chi connectivity index (χ4v) is 3.16. The van der Waals surface area contributed by atoms with Gasteiger partial charge in [-0.05, 0) is 49.1 Å². The van der Waals surface area contributed by atoms with Crippen LogP contribution in [0.15, 0.2) is 40.9 Å². The number of benzene rings is 2. The van der Waals surface area contributed by atoms with Gasteiger partial charge in [-0.1, -0.05) is 15.9 Å². The SMILES string of the molecule is N#Cc1c2cc(C3CC3)c([N+](=O)[O-])cc2nn1-c1ccc(Br)cc1. The van der Waals surface area contributed by atoms with E-state index in [1.165, 1.54) is 10.7 Å². The summed E-state index contributed by atoms with van der Waals surface area (Å²) in [6, 6.07) is 12.8. The quantitative estimate of drug-likeness (QED) is 0.494. The van der Waals surface area contributed by atoms with E-state index in [1.54, 1.807) is 6.07 Å². The first-order valence-electron chi connectivity index (χ1n) is 7.45. The topological polar surface area (TPSA) is 84.8 Å². The van der Waals surface area contributed by atoms with E-state index < -0.39 is 0 Å². The van der Waals surface area contributed by atoms with Crippen LogP contribution in [0, 0.1) is 21.4 Å². The van der Waals surface area contributed by atoms with Crippen LogP contribution >= 0.6 is 15.9 Å². The van der Waals surface area contributed by atoms with Crippen molar-refractivity contribution < 1.29 is 4.92 Å². The molecule has 0 radical (unpaired) electrons. The van der Waals surface area contributed by atoms with Crippen molar-refractivity contribution in [2.24, 2.45) is 0 Å². The second-order valence-electron chi connectivity index (χ2n) is 5.81. The smallest absolute Gasteiger partial charge is 0.258 e. The molecule has 0 aliphatic heterocycles. The summed E-state index contributed by atoms with van der Waals surface area (Å²) in [5.74, 6) is 0.220. The molecule has 1 heterocycles. The molecule has 1 aliphatic carbocycles. The maximum atomic E-state index is 11.4. The van der Waals surface area contributed by atoms with Gasteiger partial charge in [-0.2, -0.15) is 10.4 Å². The number of nitrogens with zero attached hydrogens (tertiary/aromatic N) is 4. The van der Waals surface area contributed by atoms with Gasteiger partial charge in [-0.3, -0.25) is 10.1 Å². The average Bonchev–Trinajstić information content (AvgIpc) is 3.35. The molecular weight excluding hydrogens is 372 g/mol. The highest BCUT2D eigenvalue weighted by Crippen LogP contribution is 2.45. The van der Waals surface area contributed by atoms with Crippen LogP contribution in [0.2, 0.25) is 0 Å². The Kier molecular flexibility index (Phi) is 3.36. The zero-order chi connectivity index (χ0) is 16.8. The van der Waals surface area contributed by atoms with Gasteiger partial charge in [0.05, 0.1) is 10.6 Å². The predicted molar refractivity (Wildman–Crippen MR) is 92.1 cm³/mol. The molecule has 1 aliphatic rings. The van der Waals surface area contributed by atoms with Gasteiger partial charge in [0.1, 0.15) is 11.6 Å². The Hall–Kier alpha value is -2.72. The molecule has 0 bridgehead atoms. The second-order valence-corrected chi connectivity index (χ2v) is 6.72. The minimum Gasteiger partial charge on any atom is -0.258 e. The van der Waals surface area contributed by atoms with Crippen molar-refractivity contribution in [2.45, 2.75) is 18.8 Å². The van der Waals surface area contributed by atoms with Crippen LogP contribution in [-0.4, -0.2) is 14.7 Å². The van der Waals surface area contributed by atoms with Crippen molar-refractivity contribution in [1.82, 2.24) is 9.78 Å². The molecule has 0 N–H and O–H groups in total. The first-order chi connectivity index (χ1) is 11.6. The molecule has 0 spiro atoms. The molecule has 1 fully saturated rings. The second kappa shape index (κ2) is 5.42. The van der Waals surface area contributed by atoms with Gasteiger partial charge in [0.25, 0.3) is 5.69 Å². The molecule has 0 amide bonds. The van der Waals surface area contributed by atoms with E-state index in [0.717, 1.165) is 23.0 Å². The van der Waals surface area contributed by atoms with Crippen molar-refractivity contribution >= 4 is 32.5 Å². The zero-order valence-corrected chi connectivity index (χ0v) is 14.0. The molecule has 1 aromatic heterocycles. The number of hydrogen-bond donors (Lipinski definition) is 0. The lowest BCUT2D eigenvalue weighted by Crippen LogP contribution is -1.98. The standard InChI is InChI=1S/C17H11BrN4O2/c18-11-3-5-12(6-4-11)21-17(9-19)14-7-13(10-1-2-10)16(22(23)24)8-15(14)20-21/h3-8,10H,1-2H2. The number of nitriles is 1. The molecule has 2 aromatic carbocycles. The van der Waals surface area contributed by atoms with Gasteiger partial charge in [0.15, 0.2) is 5.69 Å². The summed E-state index contributed by atoms with van der Waals surface area (Å²) in [6.07, 6.45) is 1.91. The lowest BCUT2D eigenvalue weighted by atomic mass is 10.0. The van der Waals surface area contributed by atoms with Gasteiger partial charge in [-0.25, -0.2) is 4.68 Å². The van der Waals surface area contributed by atoms with Crippen LogP contribution < -0.4 is 0 Å². The molecule has 7 heteroatoms. The van der Waals surface area contributed by atoms with E-state index in [1.807, 2.05) is 24.3 Å². The molecule has 0 unspecified atom stereocenters. The summed E-state index contributed by atoms with van der Waals surface area (Å²) in [5, 5.41) is 26.0. The lowest BCUT2D eigenvalue weighted by Gasteiger charge is -2.02. The molecule has 3 aromatic rings. The largest absolute Gasteiger partial charge is 0.275 e. The van der Waals surface area contributed by atoms with Gasteiger partial charge >= 0.3 is 0 Å². The van der Waals surface area contributed by atoms with E-state index >= 15 is 0 Å². The Morgan fingerprint density at radius 3 is 2.58 bits per heavy atom. The number of aromatic nitrogens is 2. The number of hydrogen-bond acceptors (Lipinski definition) is 4. The molecule has 6 nitrogen and oxygen atoms in total. The summed E-state index contributed by atoms with van der Waals surface area (Å²) in [6.45, 7) is 0. The normalized spacial score (nSPS) is 13.8. The van der Waals surface area contributed by atoms with Crippen LogP contribution in [0.1, 0.15) is 30.0 Å². The summed E-state index contributed by atoms with van der Waals surface area (Å²) < 4.78 is 2.46. The summed E-state index contributed by atoms with van der Waals surface area (Å²) >= 11 is 3.38. The summed E-state index contributed by atoms with van der Waals surface area (Å²) in [4.78, 5) is 11.0. The van der Waals surface area contributed by atoms with E-state index in [-0.39, 0.29) is 16.5 Å². The molecule has 24 heavy (non-hydrogen) atoms. The third kappa shape index (κ3) is 2.36. The highest BCUT2D eigenvalue weighted by atomic mass is 79.9. The van der Waals surface area contributed by atoms with Crippen LogP contribution in [0.3, 0.4) is 0 Å². The minimum absolute atomic E-state index is 0.0925. The number of rotatable bonds is 3. The third-order valence-electron chi connectivity index (χ3n) is 4.21. The summed E-state index contributed by atoms with van der Waals surface area (Å²) in [5.41, 5.74) is 2.39. The highest BCUT2D eigenvalue weighted by molar-refractivity contribution is 9.10. The van der Waals surface area contributed by atoms with Crippen LogP contribution in [-0.2, 0) is 0 Å². The molecular formula is C17H11BrN4O2. The Labute approximate surface area is 145 Å². The Morgan fingerprint density at radius 1 is 1.29 bits per heavy atom. The minimum atomic E-state index is -0.363. The molecule has 0 saturated heterocycles. The van der Waals surface area contributed by atoms with Crippen molar-refractivity contribution in [3.8, 4) is 11.8 Å². The maximum absolute atomic E-state index is 11.4. The fraction of sp³-hybridized carbons (Fsp3) is 0.176. The maximum Gasteiger partial charge on any atom is 0.275 e. The van der Waals surface area contributed by atoms with Crippen LogP contribution in [0.4, 0.5) is 5.69 Å².